The van der Waals surface area contributed by atoms with Gasteiger partial charge in [0.05, 0.1) is 21.9 Å². The SMILES string of the molecule is CC(c1nc2ccccc2c(=O)n1C)N(CCN(C)C)C(=O)Nc1ccc([N+](=O)[O-])cc1. The van der Waals surface area contributed by atoms with Crippen molar-refractivity contribution in [1.29, 1.82) is 0 Å². The van der Waals surface area contributed by atoms with E-state index in [4.69, 9.17) is 0 Å². The van der Waals surface area contributed by atoms with E-state index < -0.39 is 17.0 Å². The highest BCUT2D eigenvalue weighted by Gasteiger charge is 2.25. The molecule has 168 valence electrons. The Balaban J connectivity index is 1.93. The van der Waals surface area contributed by atoms with Gasteiger partial charge in [-0.3, -0.25) is 19.5 Å². The lowest BCUT2D eigenvalue weighted by Crippen LogP contribution is -2.42. The summed E-state index contributed by atoms with van der Waals surface area (Å²) in [6.45, 7) is 2.80. The number of fused-ring (bicyclic) bond motifs is 1. The van der Waals surface area contributed by atoms with Crippen LogP contribution in [0, 0.1) is 10.1 Å². The Labute approximate surface area is 185 Å². The molecule has 32 heavy (non-hydrogen) atoms. The normalized spacial score (nSPS) is 12.0. The standard InChI is InChI=1S/C22H26N6O4/c1-15(20-24-19-8-6-5-7-18(19)21(29)26(20)4)27(14-13-25(2)3)22(30)23-16-9-11-17(12-10-16)28(31)32/h5-12,15H,13-14H2,1-4H3,(H,23,30). The first-order valence-electron chi connectivity index (χ1n) is 10.1. The molecule has 1 unspecified atom stereocenters. The fraction of sp³-hybridized carbons (Fsp3) is 0.318. The van der Waals surface area contributed by atoms with Gasteiger partial charge in [-0.1, -0.05) is 12.1 Å². The van der Waals surface area contributed by atoms with Crippen LogP contribution in [0.25, 0.3) is 10.9 Å². The molecule has 10 nitrogen and oxygen atoms in total. The van der Waals surface area contributed by atoms with Crippen LogP contribution in [0.1, 0.15) is 18.8 Å². The number of nitrogens with one attached hydrogen (secondary N) is 1. The van der Waals surface area contributed by atoms with Gasteiger partial charge < -0.3 is 15.1 Å². The Bertz CT molecular complexity index is 1190. The fourth-order valence-corrected chi connectivity index (χ4v) is 3.39. The van der Waals surface area contributed by atoms with Crippen LogP contribution in [0.2, 0.25) is 0 Å². The smallest absolute Gasteiger partial charge is 0.313 e. The van der Waals surface area contributed by atoms with E-state index in [1.807, 2.05) is 32.0 Å². The largest absolute Gasteiger partial charge is 0.322 e. The molecule has 0 fully saturated rings. The number of rotatable bonds is 7. The summed E-state index contributed by atoms with van der Waals surface area (Å²) in [4.78, 5) is 44.6. The lowest BCUT2D eigenvalue weighted by Gasteiger charge is -2.31. The van der Waals surface area contributed by atoms with E-state index in [-0.39, 0.29) is 11.2 Å². The number of nitrogens with zero attached hydrogens (tertiary/aromatic N) is 5. The van der Waals surface area contributed by atoms with Crippen molar-refractivity contribution in [2.75, 3.05) is 32.5 Å². The van der Waals surface area contributed by atoms with Crippen molar-refractivity contribution in [1.82, 2.24) is 19.4 Å². The number of non-ortho nitro benzene ring substituents is 1. The molecular weight excluding hydrogens is 412 g/mol. The van der Waals surface area contributed by atoms with Crippen molar-refractivity contribution in [2.45, 2.75) is 13.0 Å². The topological polar surface area (TPSA) is 114 Å². The fourth-order valence-electron chi connectivity index (χ4n) is 3.39. The van der Waals surface area contributed by atoms with Crippen molar-refractivity contribution in [3.63, 3.8) is 0 Å². The molecule has 2 aromatic carbocycles. The first-order chi connectivity index (χ1) is 15.2. The summed E-state index contributed by atoms with van der Waals surface area (Å²) in [5, 5.41) is 14.2. The minimum atomic E-state index is -0.504. The van der Waals surface area contributed by atoms with E-state index >= 15 is 0 Å². The van der Waals surface area contributed by atoms with Crippen LogP contribution >= 0.6 is 0 Å². The zero-order chi connectivity index (χ0) is 23.4. The highest BCUT2D eigenvalue weighted by Crippen LogP contribution is 2.22. The predicted molar refractivity (Wildman–Crippen MR) is 123 cm³/mol. The van der Waals surface area contributed by atoms with Crippen LogP contribution in [0.3, 0.4) is 0 Å². The van der Waals surface area contributed by atoms with Crippen LogP contribution in [-0.2, 0) is 7.05 Å². The average Bonchev–Trinajstić information content (AvgIpc) is 2.76. The number of anilines is 1. The molecule has 1 atom stereocenters. The van der Waals surface area contributed by atoms with Gasteiger partial charge in [0.25, 0.3) is 11.2 Å². The molecule has 2 amide bonds. The number of para-hydroxylation sites is 1. The second-order valence-corrected chi connectivity index (χ2v) is 7.76. The Kier molecular flexibility index (Phi) is 6.84. The first-order valence-corrected chi connectivity index (χ1v) is 10.1. The van der Waals surface area contributed by atoms with Gasteiger partial charge in [0, 0.05) is 38.0 Å². The summed E-state index contributed by atoms with van der Waals surface area (Å²) in [5.41, 5.74) is 0.765. The number of hydrogen-bond donors (Lipinski definition) is 1. The molecule has 0 aliphatic rings. The van der Waals surface area contributed by atoms with Crippen LogP contribution in [0.4, 0.5) is 16.2 Å². The third-order valence-corrected chi connectivity index (χ3v) is 5.24. The lowest BCUT2D eigenvalue weighted by molar-refractivity contribution is -0.384. The van der Waals surface area contributed by atoms with Crippen molar-refractivity contribution in [2.24, 2.45) is 7.05 Å². The zero-order valence-corrected chi connectivity index (χ0v) is 18.5. The number of amides is 2. The van der Waals surface area contributed by atoms with Gasteiger partial charge >= 0.3 is 6.03 Å². The number of urea groups is 1. The molecule has 0 radical (unpaired) electrons. The molecule has 0 aliphatic heterocycles. The Morgan fingerprint density at radius 3 is 2.44 bits per heavy atom. The minimum Gasteiger partial charge on any atom is -0.313 e. The monoisotopic (exact) mass is 438 g/mol. The van der Waals surface area contributed by atoms with Gasteiger partial charge in [-0.05, 0) is 45.3 Å². The maximum absolute atomic E-state index is 13.2. The van der Waals surface area contributed by atoms with E-state index in [0.717, 1.165) is 0 Å². The highest BCUT2D eigenvalue weighted by molar-refractivity contribution is 5.89. The maximum Gasteiger partial charge on any atom is 0.322 e. The van der Waals surface area contributed by atoms with Crippen LogP contribution in [0.5, 0.6) is 0 Å². The van der Waals surface area contributed by atoms with Crippen molar-refractivity contribution < 1.29 is 9.72 Å². The van der Waals surface area contributed by atoms with Gasteiger partial charge in [0.15, 0.2) is 0 Å². The van der Waals surface area contributed by atoms with Gasteiger partial charge in [0.1, 0.15) is 5.82 Å². The average molecular weight is 438 g/mol. The van der Waals surface area contributed by atoms with Crippen molar-refractivity contribution >= 4 is 28.3 Å². The summed E-state index contributed by atoms with van der Waals surface area (Å²) in [5.74, 6) is 0.464. The summed E-state index contributed by atoms with van der Waals surface area (Å²) in [7, 11) is 5.45. The molecule has 1 N–H and O–H groups in total. The molecule has 0 saturated carbocycles. The number of nitro benzene ring substituents is 1. The zero-order valence-electron chi connectivity index (χ0n) is 18.5. The highest BCUT2D eigenvalue weighted by atomic mass is 16.6. The van der Waals surface area contributed by atoms with E-state index in [1.54, 1.807) is 30.1 Å². The third-order valence-electron chi connectivity index (χ3n) is 5.24. The van der Waals surface area contributed by atoms with Crippen molar-refractivity contribution in [3.05, 3.63) is 74.8 Å². The lowest BCUT2D eigenvalue weighted by atomic mass is 10.2. The number of nitro groups is 1. The van der Waals surface area contributed by atoms with Crippen LogP contribution < -0.4 is 10.9 Å². The molecule has 1 aromatic heterocycles. The van der Waals surface area contributed by atoms with Gasteiger partial charge in [0.2, 0.25) is 0 Å². The third kappa shape index (κ3) is 4.92. The molecule has 3 rings (SSSR count). The van der Waals surface area contributed by atoms with E-state index in [1.165, 1.54) is 28.8 Å². The Hall–Kier alpha value is -3.79. The Morgan fingerprint density at radius 2 is 1.81 bits per heavy atom. The van der Waals surface area contributed by atoms with E-state index in [0.29, 0.717) is 35.5 Å². The summed E-state index contributed by atoms with van der Waals surface area (Å²) >= 11 is 0. The summed E-state index contributed by atoms with van der Waals surface area (Å²) in [6.07, 6.45) is 0. The molecule has 0 bridgehead atoms. The summed E-state index contributed by atoms with van der Waals surface area (Å²) < 4.78 is 1.47. The van der Waals surface area contributed by atoms with Gasteiger partial charge in [-0.15, -0.1) is 0 Å². The molecular formula is C22H26N6O4. The number of carbonyl (C=O) groups excluding carboxylic acids is 1. The number of hydrogen-bond acceptors (Lipinski definition) is 6. The Morgan fingerprint density at radius 1 is 1.16 bits per heavy atom. The van der Waals surface area contributed by atoms with E-state index in [9.17, 15) is 19.7 Å². The molecule has 3 aromatic rings. The van der Waals surface area contributed by atoms with Gasteiger partial charge in [-0.2, -0.15) is 0 Å². The van der Waals surface area contributed by atoms with E-state index in [2.05, 4.69) is 10.3 Å². The van der Waals surface area contributed by atoms with Crippen LogP contribution in [-0.4, -0.2) is 57.5 Å². The molecule has 10 heteroatoms. The maximum atomic E-state index is 13.2. The van der Waals surface area contributed by atoms with Gasteiger partial charge in [-0.25, -0.2) is 9.78 Å². The van der Waals surface area contributed by atoms with Crippen molar-refractivity contribution in [3.8, 4) is 0 Å². The minimum absolute atomic E-state index is 0.0591. The number of benzene rings is 2. The predicted octanol–water partition coefficient (Wildman–Crippen LogP) is 3.00. The molecule has 1 heterocycles. The summed E-state index contributed by atoms with van der Waals surface area (Å²) in [6, 6.07) is 11.8. The van der Waals surface area contributed by atoms with Crippen LogP contribution in [0.15, 0.2) is 53.3 Å². The number of aromatic nitrogens is 2. The second kappa shape index (κ2) is 9.56. The molecule has 0 aliphatic carbocycles. The molecule has 0 saturated heterocycles. The second-order valence-electron chi connectivity index (χ2n) is 7.76. The molecule has 0 spiro atoms. The number of carbonyl (C=O) groups is 1. The first kappa shape index (κ1) is 22.9. The quantitative estimate of drug-likeness (QED) is 0.448. The number of likely N-dealkylation sites (N-methyl/N-ethyl adjacent to an activating group) is 1.